The van der Waals surface area contributed by atoms with Gasteiger partial charge in [-0.25, -0.2) is 14.5 Å². The van der Waals surface area contributed by atoms with Gasteiger partial charge in [-0.15, -0.1) is 0 Å². The van der Waals surface area contributed by atoms with Crippen molar-refractivity contribution in [1.29, 1.82) is 0 Å². The van der Waals surface area contributed by atoms with Crippen LogP contribution in [0.2, 0.25) is 0 Å². The smallest absolute Gasteiger partial charge is 0.434 e. The molecule has 1 aromatic rings. The Balaban J connectivity index is 1.77. The molecule has 8 nitrogen and oxygen atoms in total. The van der Waals surface area contributed by atoms with E-state index in [-0.39, 0.29) is 50.0 Å². The van der Waals surface area contributed by atoms with Crippen molar-refractivity contribution in [2.45, 2.75) is 85.1 Å². The van der Waals surface area contributed by atoms with E-state index in [1.165, 1.54) is 9.96 Å². The second-order valence-corrected chi connectivity index (χ2v) is 9.74. The van der Waals surface area contributed by atoms with Crippen LogP contribution in [0.25, 0.3) is 0 Å². The largest absolute Gasteiger partial charge is 0.447 e. The molecule has 0 N–H and O–H groups in total. The summed E-state index contributed by atoms with van der Waals surface area (Å²) in [5.41, 5.74) is 2.35. The van der Waals surface area contributed by atoms with Crippen LogP contribution in [0, 0.1) is 5.92 Å². The lowest BCUT2D eigenvalue weighted by Gasteiger charge is -2.32. The normalized spacial score (nSPS) is 19.6. The van der Waals surface area contributed by atoms with Gasteiger partial charge in [-0.3, -0.25) is 9.63 Å². The van der Waals surface area contributed by atoms with E-state index in [9.17, 15) is 14.4 Å². The zero-order chi connectivity index (χ0) is 23.6. The van der Waals surface area contributed by atoms with Crippen molar-refractivity contribution in [3.63, 3.8) is 0 Å². The molecule has 0 spiro atoms. The van der Waals surface area contributed by atoms with Crippen LogP contribution < -0.4 is 0 Å². The van der Waals surface area contributed by atoms with E-state index < -0.39 is 17.8 Å². The summed E-state index contributed by atoms with van der Waals surface area (Å²) in [5.74, 6) is -0.166. The number of hydrogen-bond donors (Lipinski definition) is 0. The Hall–Kier alpha value is -2.61. The summed E-state index contributed by atoms with van der Waals surface area (Å²) in [5, 5.41) is 1.23. The number of carbonyl (C=O) groups excluding carboxylic acids is 3. The molecule has 1 fully saturated rings. The zero-order valence-corrected chi connectivity index (χ0v) is 19.8. The van der Waals surface area contributed by atoms with E-state index in [0.717, 1.165) is 23.1 Å². The Labute approximate surface area is 189 Å². The maximum Gasteiger partial charge on any atom is 0.434 e. The van der Waals surface area contributed by atoms with Crippen molar-refractivity contribution in [1.82, 2.24) is 9.96 Å². The topological polar surface area (TPSA) is 85.4 Å². The molecule has 1 aromatic carbocycles. The van der Waals surface area contributed by atoms with E-state index in [4.69, 9.17) is 14.3 Å². The summed E-state index contributed by atoms with van der Waals surface area (Å²) in [6.45, 7) is 12.1. The summed E-state index contributed by atoms with van der Waals surface area (Å²) < 4.78 is 10.5. The van der Waals surface area contributed by atoms with Gasteiger partial charge >= 0.3 is 12.2 Å². The fourth-order valence-corrected chi connectivity index (χ4v) is 4.13. The van der Waals surface area contributed by atoms with Gasteiger partial charge in [0.15, 0.2) is 0 Å². The minimum Gasteiger partial charge on any atom is -0.447 e. The molecule has 0 aliphatic carbocycles. The van der Waals surface area contributed by atoms with Crippen LogP contribution in [-0.4, -0.2) is 46.3 Å². The number of hydroxylamine groups is 2. The highest BCUT2D eigenvalue weighted by atomic mass is 16.7. The quantitative estimate of drug-likeness (QED) is 0.648. The van der Waals surface area contributed by atoms with Crippen LogP contribution in [0.3, 0.4) is 0 Å². The van der Waals surface area contributed by atoms with Crippen molar-refractivity contribution < 1.29 is 28.7 Å². The third-order valence-electron chi connectivity index (χ3n) is 5.88. The summed E-state index contributed by atoms with van der Waals surface area (Å²) in [6, 6.07) is 5.65. The van der Waals surface area contributed by atoms with Crippen molar-refractivity contribution in [2.24, 2.45) is 5.92 Å². The van der Waals surface area contributed by atoms with Gasteiger partial charge in [-0.1, -0.05) is 39.0 Å². The van der Waals surface area contributed by atoms with E-state index >= 15 is 0 Å². The Morgan fingerprint density at radius 2 is 1.97 bits per heavy atom. The Bertz CT molecular complexity index is 876. The van der Waals surface area contributed by atoms with Crippen molar-refractivity contribution in [3.05, 3.63) is 34.9 Å². The standard InChI is InChI=1S/C24H34N2O6/c1-7-16(11-21(27)26-20(15(2)3)14-30-23(26)29)18-10-8-9-17-12-25(31-13-19(17)18)22(28)32-24(4,5)6/h8-10,15-16,20H,7,11-14H2,1-6H3/t16?,20-/m1/s1. The van der Waals surface area contributed by atoms with Crippen molar-refractivity contribution in [2.75, 3.05) is 6.61 Å². The predicted octanol–water partition coefficient (Wildman–Crippen LogP) is 4.76. The van der Waals surface area contributed by atoms with E-state index in [1.807, 2.05) is 59.7 Å². The molecule has 3 amide bonds. The molecule has 2 aliphatic heterocycles. The average molecular weight is 447 g/mol. The monoisotopic (exact) mass is 446 g/mol. The first kappa shape index (κ1) is 24.0. The minimum absolute atomic E-state index is 0.0738. The second-order valence-electron chi connectivity index (χ2n) is 9.74. The fourth-order valence-electron chi connectivity index (χ4n) is 4.13. The highest BCUT2D eigenvalue weighted by Gasteiger charge is 2.40. The molecule has 3 rings (SSSR count). The van der Waals surface area contributed by atoms with Crippen molar-refractivity contribution >= 4 is 18.1 Å². The summed E-state index contributed by atoms with van der Waals surface area (Å²) in [6.07, 6.45) is -0.146. The summed E-state index contributed by atoms with van der Waals surface area (Å²) in [7, 11) is 0. The Morgan fingerprint density at radius 3 is 2.59 bits per heavy atom. The molecule has 0 aromatic heterocycles. The molecule has 2 aliphatic rings. The number of carbonyl (C=O) groups is 3. The Kier molecular flexibility index (Phi) is 7.12. The predicted molar refractivity (Wildman–Crippen MR) is 117 cm³/mol. The number of fused-ring (bicyclic) bond motifs is 1. The van der Waals surface area contributed by atoms with Crippen LogP contribution >= 0.6 is 0 Å². The molecule has 0 radical (unpaired) electrons. The number of nitrogens with zero attached hydrogens (tertiary/aromatic N) is 2. The summed E-state index contributed by atoms with van der Waals surface area (Å²) >= 11 is 0. The molecule has 1 unspecified atom stereocenters. The molecular weight excluding hydrogens is 412 g/mol. The maximum atomic E-state index is 13.1. The number of benzene rings is 1. The molecule has 0 saturated carbocycles. The molecule has 0 bridgehead atoms. The lowest BCUT2D eigenvalue weighted by Crippen LogP contribution is -2.42. The number of hydrogen-bond acceptors (Lipinski definition) is 6. The molecule has 32 heavy (non-hydrogen) atoms. The maximum absolute atomic E-state index is 13.1. The van der Waals surface area contributed by atoms with Crippen LogP contribution in [0.5, 0.6) is 0 Å². The van der Waals surface area contributed by atoms with Crippen LogP contribution in [0.1, 0.15) is 77.0 Å². The highest BCUT2D eigenvalue weighted by molar-refractivity contribution is 5.94. The van der Waals surface area contributed by atoms with Crippen LogP contribution in [0.15, 0.2) is 18.2 Å². The third kappa shape index (κ3) is 5.23. The zero-order valence-electron chi connectivity index (χ0n) is 19.8. The van der Waals surface area contributed by atoms with Gasteiger partial charge < -0.3 is 9.47 Å². The minimum atomic E-state index is -0.610. The number of ether oxygens (including phenoxy) is 2. The average Bonchev–Trinajstić information content (AvgIpc) is 3.11. The van der Waals surface area contributed by atoms with Gasteiger partial charge in [0.05, 0.1) is 12.6 Å². The Morgan fingerprint density at radius 1 is 1.25 bits per heavy atom. The molecule has 1 saturated heterocycles. The first-order valence-electron chi connectivity index (χ1n) is 11.2. The molecule has 2 atom stereocenters. The van der Waals surface area contributed by atoms with E-state index in [2.05, 4.69) is 0 Å². The van der Waals surface area contributed by atoms with Crippen LogP contribution in [-0.2, 0) is 32.3 Å². The number of amides is 3. The molecular formula is C24H34N2O6. The molecule has 176 valence electrons. The first-order chi connectivity index (χ1) is 15.0. The lowest BCUT2D eigenvalue weighted by atomic mass is 9.86. The highest BCUT2D eigenvalue weighted by Crippen LogP contribution is 2.34. The fraction of sp³-hybridized carbons (Fsp3) is 0.625. The van der Waals surface area contributed by atoms with Gasteiger partial charge in [-0.05, 0) is 55.7 Å². The number of rotatable bonds is 5. The van der Waals surface area contributed by atoms with Crippen LogP contribution in [0.4, 0.5) is 9.59 Å². The molecule has 8 heteroatoms. The van der Waals surface area contributed by atoms with Gasteiger partial charge in [0, 0.05) is 6.42 Å². The lowest BCUT2D eigenvalue weighted by molar-refractivity contribution is -0.171. The second kappa shape index (κ2) is 9.48. The van der Waals surface area contributed by atoms with Crippen molar-refractivity contribution in [3.8, 4) is 0 Å². The van der Waals surface area contributed by atoms with Gasteiger partial charge in [0.2, 0.25) is 5.91 Å². The first-order valence-corrected chi connectivity index (χ1v) is 11.2. The van der Waals surface area contributed by atoms with Gasteiger partial charge in [0.1, 0.15) is 18.8 Å². The molecule has 2 heterocycles. The van der Waals surface area contributed by atoms with Gasteiger partial charge in [0.25, 0.3) is 0 Å². The third-order valence-corrected chi connectivity index (χ3v) is 5.88. The number of imide groups is 1. The van der Waals surface area contributed by atoms with E-state index in [1.54, 1.807) is 0 Å². The van der Waals surface area contributed by atoms with Gasteiger partial charge in [-0.2, -0.15) is 5.06 Å². The number of cyclic esters (lactones) is 1. The SMILES string of the molecule is CCC(CC(=O)N1C(=O)OC[C@@H]1C(C)C)c1cccc2c1CON(C(=O)OC(C)(C)C)C2. The summed E-state index contributed by atoms with van der Waals surface area (Å²) in [4.78, 5) is 44.6. The van der Waals surface area contributed by atoms with E-state index in [0.29, 0.717) is 0 Å².